The minimum atomic E-state index is 0.653. The summed E-state index contributed by atoms with van der Waals surface area (Å²) in [5.41, 5.74) is 2.26. The summed E-state index contributed by atoms with van der Waals surface area (Å²) in [7, 11) is 0. The number of aromatic amines is 1. The van der Waals surface area contributed by atoms with Gasteiger partial charge >= 0.3 is 0 Å². The first-order valence-corrected chi connectivity index (χ1v) is 4.12. The van der Waals surface area contributed by atoms with E-state index in [0.717, 1.165) is 11.1 Å². The van der Waals surface area contributed by atoms with Crippen LogP contribution in [0.25, 0.3) is 10.9 Å². The molecule has 3 heteroatoms. The molecule has 13 heavy (non-hydrogen) atoms. The summed E-state index contributed by atoms with van der Waals surface area (Å²) in [6.45, 7) is 0. The molecule has 2 aromatic rings. The lowest BCUT2D eigenvalue weighted by molar-refractivity contribution is 0.321. The third-order valence-corrected chi connectivity index (χ3v) is 2.07. The molecule has 66 valence electrons. The molecule has 1 aromatic heterocycles. The van der Waals surface area contributed by atoms with Crippen LogP contribution in [0.5, 0.6) is 0 Å². The minimum Gasteiger partial charge on any atom is -0.411 e. The highest BCUT2D eigenvalue weighted by molar-refractivity contribution is 5.85. The van der Waals surface area contributed by atoms with Gasteiger partial charge in [0, 0.05) is 29.7 Å². The number of rotatable bonds is 2. The molecule has 0 amide bonds. The first-order chi connectivity index (χ1) is 6.42. The van der Waals surface area contributed by atoms with E-state index in [1.807, 2.05) is 30.5 Å². The predicted molar refractivity (Wildman–Crippen MR) is 52.3 cm³/mol. The molecular weight excluding hydrogens is 164 g/mol. The number of H-pyrrole nitrogens is 1. The molecule has 0 radical (unpaired) electrons. The lowest BCUT2D eigenvalue weighted by Crippen LogP contribution is -1.82. The van der Waals surface area contributed by atoms with Gasteiger partial charge in [-0.1, -0.05) is 18.2 Å². The topological polar surface area (TPSA) is 48.4 Å². The summed E-state index contributed by atoms with van der Waals surface area (Å²) in [4.78, 5) is 3.15. The Labute approximate surface area is 75.7 Å². The van der Waals surface area contributed by atoms with Gasteiger partial charge in [0.15, 0.2) is 0 Å². The van der Waals surface area contributed by atoms with E-state index in [2.05, 4.69) is 10.1 Å². The van der Waals surface area contributed by atoms with Crippen LogP contribution < -0.4 is 0 Å². The van der Waals surface area contributed by atoms with Crippen LogP contribution in [-0.4, -0.2) is 16.4 Å². The lowest BCUT2D eigenvalue weighted by atomic mass is 10.1. The Morgan fingerprint density at radius 1 is 1.38 bits per heavy atom. The van der Waals surface area contributed by atoms with Gasteiger partial charge in [0.25, 0.3) is 0 Å². The quantitative estimate of drug-likeness (QED) is 0.409. The minimum absolute atomic E-state index is 0.653. The van der Waals surface area contributed by atoms with E-state index < -0.39 is 0 Å². The molecule has 0 aliphatic carbocycles. The summed E-state index contributed by atoms with van der Waals surface area (Å²) in [6.07, 6.45) is 4.07. The van der Waals surface area contributed by atoms with Crippen LogP contribution in [0.1, 0.15) is 5.56 Å². The van der Waals surface area contributed by atoms with Crippen molar-refractivity contribution >= 4 is 17.1 Å². The van der Waals surface area contributed by atoms with Crippen molar-refractivity contribution in [1.82, 2.24) is 4.98 Å². The third kappa shape index (κ3) is 1.40. The maximum Gasteiger partial charge on any atom is 0.0480 e. The van der Waals surface area contributed by atoms with Crippen LogP contribution in [0, 0.1) is 0 Å². The van der Waals surface area contributed by atoms with Crippen LogP contribution in [0.15, 0.2) is 35.6 Å². The van der Waals surface area contributed by atoms with Gasteiger partial charge in [-0.2, -0.15) is 0 Å². The number of nitrogens with zero attached hydrogens (tertiary/aromatic N) is 1. The highest BCUT2D eigenvalue weighted by Crippen LogP contribution is 2.17. The van der Waals surface area contributed by atoms with Gasteiger partial charge in [0.05, 0.1) is 0 Å². The van der Waals surface area contributed by atoms with E-state index in [9.17, 15) is 0 Å². The van der Waals surface area contributed by atoms with Gasteiger partial charge in [-0.25, -0.2) is 0 Å². The summed E-state index contributed by atoms with van der Waals surface area (Å²) >= 11 is 0. The van der Waals surface area contributed by atoms with Crippen molar-refractivity contribution in [1.29, 1.82) is 0 Å². The van der Waals surface area contributed by atoms with Crippen LogP contribution >= 0.6 is 0 Å². The molecular formula is C10H10N2O. The van der Waals surface area contributed by atoms with E-state index in [1.165, 1.54) is 11.6 Å². The molecule has 1 aromatic carbocycles. The second-order valence-corrected chi connectivity index (χ2v) is 2.86. The number of fused-ring (bicyclic) bond motifs is 1. The number of aromatic nitrogens is 1. The zero-order valence-electron chi connectivity index (χ0n) is 7.07. The highest BCUT2D eigenvalue weighted by atomic mass is 16.4. The Kier molecular flexibility index (Phi) is 2.00. The number of hydrogen-bond donors (Lipinski definition) is 2. The molecule has 0 fully saturated rings. The van der Waals surface area contributed by atoms with E-state index in [0.29, 0.717) is 6.42 Å². The molecule has 0 saturated heterocycles. The van der Waals surface area contributed by atoms with Gasteiger partial charge in [0.2, 0.25) is 0 Å². The number of hydrogen-bond acceptors (Lipinski definition) is 2. The van der Waals surface area contributed by atoms with Crippen molar-refractivity contribution in [2.45, 2.75) is 6.42 Å². The molecule has 0 saturated carbocycles. The van der Waals surface area contributed by atoms with Crippen LogP contribution in [0.4, 0.5) is 0 Å². The Bertz CT molecular complexity index is 431. The fourth-order valence-corrected chi connectivity index (χ4v) is 1.44. The molecule has 2 rings (SSSR count). The van der Waals surface area contributed by atoms with Gasteiger partial charge in [-0.15, -0.1) is 5.16 Å². The standard InChI is InChI=1S/C10H10N2O/c13-12-6-5-8-7-11-10-4-2-1-3-9(8)10/h1-4,6-7,11,13H,5H2/b12-6+. The van der Waals surface area contributed by atoms with Gasteiger partial charge in [-0.3, -0.25) is 0 Å². The largest absolute Gasteiger partial charge is 0.411 e. The smallest absolute Gasteiger partial charge is 0.0480 e. The summed E-state index contributed by atoms with van der Waals surface area (Å²) in [5, 5.41) is 12.5. The Morgan fingerprint density at radius 2 is 2.23 bits per heavy atom. The van der Waals surface area contributed by atoms with Crippen molar-refractivity contribution in [3.63, 3.8) is 0 Å². The summed E-state index contributed by atoms with van der Waals surface area (Å²) in [5.74, 6) is 0. The zero-order valence-corrected chi connectivity index (χ0v) is 7.07. The average molecular weight is 174 g/mol. The van der Waals surface area contributed by atoms with Crippen molar-refractivity contribution < 1.29 is 5.21 Å². The number of oxime groups is 1. The van der Waals surface area contributed by atoms with Crippen molar-refractivity contribution in [2.24, 2.45) is 5.16 Å². The lowest BCUT2D eigenvalue weighted by Gasteiger charge is -1.91. The second kappa shape index (κ2) is 3.31. The SMILES string of the molecule is O/N=C/Cc1c[nH]c2ccccc12. The number of nitrogens with one attached hydrogen (secondary N) is 1. The second-order valence-electron chi connectivity index (χ2n) is 2.86. The maximum absolute atomic E-state index is 8.30. The molecule has 0 bridgehead atoms. The van der Waals surface area contributed by atoms with E-state index in [4.69, 9.17) is 5.21 Å². The predicted octanol–water partition coefficient (Wildman–Crippen LogP) is 2.17. The zero-order chi connectivity index (χ0) is 9.10. The molecule has 2 N–H and O–H groups in total. The van der Waals surface area contributed by atoms with Gasteiger partial charge < -0.3 is 10.2 Å². The molecule has 0 aliphatic rings. The fraction of sp³-hybridized carbons (Fsp3) is 0.100. The van der Waals surface area contributed by atoms with E-state index >= 15 is 0 Å². The normalized spacial score (nSPS) is 11.4. The van der Waals surface area contributed by atoms with E-state index in [1.54, 1.807) is 0 Å². The summed E-state index contributed by atoms with van der Waals surface area (Å²) < 4.78 is 0. The van der Waals surface area contributed by atoms with Gasteiger partial charge in [0.1, 0.15) is 0 Å². The van der Waals surface area contributed by atoms with Crippen LogP contribution in [0.3, 0.4) is 0 Å². The van der Waals surface area contributed by atoms with Gasteiger partial charge in [-0.05, 0) is 11.6 Å². The molecule has 1 heterocycles. The average Bonchev–Trinajstić information content (AvgIpc) is 2.58. The maximum atomic E-state index is 8.30. The Balaban J connectivity index is 2.45. The summed E-state index contributed by atoms with van der Waals surface area (Å²) in [6, 6.07) is 8.06. The highest BCUT2D eigenvalue weighted by Gasteiger charge is 1.99. The molecule has 0 spiro atoms. The van der Waals surface area contributed by atoms with Crippen molar-refractivity contribution in [2.75, 3.05) is 0 Å². The molecule has 0 atom stereocenters. The van der Waals surface area contributed by atoms with E-state index in [-0.39, 0.29) is 0 Å². The molecule has 3 nitrogen and oxygen atoms in total. The third-order valence-electron chi connectivity index (χ3n) is 2.07. The first kappa shape index (κ1) is 7.86. The van der Waals surface area contributed by atoms with Crippen molar-refractivity contribution in [3.8, 4) is 0 Å². The first-order valence-electron chi connectivity index (χ1n) is 4.12. The van der Waals surface area contributed by atoms with Crippen LogP contribution in [0.2, 0.25) is 0 Å². The Hall–Kier alpha value is -1.77. The molecule has 0 unspecified atom stereocenters. The molecule has 0 aliphatic heterocycles. The van der Waals surface area contributed by atoms with Crippen molar-refractivity contribution in [3.05, 3.63) is 36.0 Å². The number of para-hydroxylation sites is 1. The van der Waals surface area contributed by atoms with Crippen LogP contribution in [-0.2, 0) is 6.42 Å². The fourth-order valence-electron chi connectivity index (χ4n) is 1.44. The monoisotopic (exact) mass is 174 g/mol. The number of benzene rings is 1. The Morgan fingerprint density at radius 3 is 3.08 bits per heavy atom.